The number of carbonyl (C=O) groups excluding carboxylic acids is 1. The Kier molecular flexibility index (Phi) is 6.36. The van der Waals surface area contributed by atoms with Crippen LogP contribution < -0.4 is 20.3 Å². The highest BCUT2D eigenvalue weighted by molar-refractivity contribution is 7.92. The van der Waals surface area contributed by atoms with Gasteiger partial charge in [-0.3, -0.25) is 20.4 Å². The molecule has 0 saturated heterocycles. The second kappa shape index (κ2) is 9.22. The van der Waals surface area contributed by atoms with Gasteiger partial charge in [0, 0.05) is 0 Å². The lowest BCUT2D eigenvalue weighted by atomic mass is 10.2. The summed E-state index contributed by atoms with van der Waals surface area (Å²) in [5.41, 5.74) is 5.87. The van der Waals surface area contributed by atoms with Crippen molar-refractivity contribution in [2.75, 3.05) is 17.3 Å². The second-order valence-electron chi connectivity index (χ2n) is 6.63. The van der Waals surface area contributed by atoms with E-state index in [0.717, 1.165) is 24.3 Å². The number of aromatic nitrogens is 1. The molecule has 0 aliphatic carbocycles. The van der Waals surface area contributed by atoms with E-state index in [9.17, 15) is 17.6 Å². The van der Waals surface area contributed by atoms with Gasteiger partial charge in [0.15, 0.2) is 0 Å². The number of para-hydroxylation sites is 1. The first-order chi connectivity index (χ1) is 15.8. The van der Waals surface area contributed by atoms with Gasteiger partial charge in [0.2, 0.25) is 5.13 Å². The number of sulfonamides is 1. The average Bonchev–Trinajstić information content (AvgIpc) is 3.23. The minimum atomic E-state index is -4.04. The normalized spacial score (nSPS) is 11.2. The predicted octanol–water partition coefficient (Wildman–Crippen LogP) is 4.66. The molecule has 4 aromatic rings. The fourth-order valence-electron chi connectivity index (χ4n) is 2.94. The van der Waals surface area contributed by atoms with E-state index in [2.05, 4.69) is 20.6 Å². The maximum Gasteiger partial charge on any atom is 0.271 e. The summed E-state index contributed by atoms with van der Waals surface area (Å²) in [4.78, 5) is 17.0. The molecule has 3 aromatic carbocycles. The zero-order valence-corrected chi connectivity index (χ0v) is 19.3. The molecule has 0 saturated carbocycles. The standard InChI is InChI=1S/C21H16ClFN4O4S2/c1-31-17-11-10-15(22)19-18(17)24-21(32-19)26-25-20(28)14-4-2-3-5-16(14)27-33(29,30)13-8-6-12(23)7-9-13/h2-11,27H,1H3,(H,24,26)(H,25,28). The van der Waals surface area contributed by atoms with Crippen LogP contribution in [0.1, 0.15) is 10.4 Å². The van der Waals surface area contributed by atoms with Gasteiger partial charge in [-0.1, -0.05) is 35.1 Å². The first-order valence-corrected chi connectivity index (χ1v) is 12.0. The molecule has 0 atom stereocenters. The highest BCUT2D eigenvalue weighted by Crippen LogP contribution is 2.37. The van der Waals surface area contributed by atoms with Crippen molar-refractivity contribution >= 4 is 59.9 Å². The lowest BCUT2D eigenvalue weighted by Crippen LogP contribution is -2.30. The van der Waals surface area contributed by atoms with E-state index in [1.54, 1.807) is 24.3 Å². The average molecular weight is 507 g/mol. The van der Waals surface area contributed by atoms with E-state index in [0.29, 0.717) is 26.1 Å². The van der Waals surface area contributed by atoms with E-state index < -0.39 is 21.7 Å². The summed E-state index contributed by atoms with van der Waals surface area (Å²) >= 11 is 7.43. The zero-order valence-electron chi connectivity index (χ0n) is 16.9. The van der Waals surface area contributed by atoms with Crippen molar-refractivity contribution in [2.45, 2.75) is 4.90 Å². The van der Waals surface area contributed by atoms with Gasteiger partial charge < -0.3 is 4.74 Å². The van der Waals surface area contributed by atoms with Crippen LogP contribution in [0, 0.1) is 5.82 Å². The largest absolute Gasteiger partial charge is 0.494 e. The van der Waals surface area contributed by atoms with Crippen molar-refractivity contribution in [1.82, 2.24) is 10.4 Å². The van der Waals surface area contributed by atoms with Gasteiger partial charge >= 0.3 is 0 Å². The summed E-state index contributed by atoms with van der Waals surface area (Å²) in [5, 5.41) is 0.845. The summed E-state index contributed by atoms with van der Waals surface area (Å²) in [5.74, 6) is -0.635. The Morgan fingerprint density at radius 1 is 1.09 bits per heavy atom. The van der Waals surface area contributed by atoms with Gasteiger partial charge in [-0.05, 0) is 48.5 Å². The monoisotopic (exact) mass is 506 g/mol. The van der Waals surface area contributed by atoms with Gasteiger partial charge in [-0.2, -0.15) is 0 Å². The van der Waals surface area contributed by atoms with Crippen LogP contribution in [0.4, 0.5) is 15.2 Å². The van der Waals surface area contributed by atoms with Gasteiger partial charge in [-0.25, -0.2) is 17.8 Å². The molecule has 1 aromatic heterocycles. The summed E-state index contributed by atoms with van der Waals surface area (Å²) in [7, 11) is -2.52. The maximum absolute atomic E-state index is 13.1. The Morgan fingerprint density at radius 3 is 2.55 bits per heavy atom. The molecular formula is C21H16ClFN4O4S2. The number of nitrogens with zero attached hydrogens (tertiary/aromatic N) is 1. The molecular weight excluding hydrogens is 491 g/mol. The summed E-state index contributed by atoms with van der Waals surface area (Å²) in [6.45, 7) is 0. The molecule has 8 nitrogen and oxygen atoms in total. The van der Waals surface area contributed by atoms with Crippen molar-refractivity contribution in [3.8, 4) is 5.75 Å². The van der Waals surface area contributed by atoms with Crippen LogP contribution in [0.15, 0.2) is 65.6 Å². The number of methoxy groups -OCH3 is 1. The first kappa shape index (κ1) is 22.8. The predicted molar refractivity (Wildman–Crippen MR) is 126 cm³/mol. The van der Waals surface area contributed by atoms with E-state index >= 15 is 0 Å². The first-order valence-electron chi connectivity index (χ1n) is 9.35. The van der Waals surface area contributed by atoms with E-state index in [1.807, 2.05) is 0 Å². The van der Waals surface area contributed by atoms with Crippen molar-refractivity contribution in [1.29, 1.82) is 0 Å². The molecule has 3 N–H and O–H groups in total. The van der Waals surface area contributed by atoms with Gasteiger partial charge in [0.1, 0.15) is 17.1 Å². The molecule has 1 amide bonds. The molecule has 0 aliphatic rings. The quantitative estimate of drug-likeness (QED) is 0.315. The molecule has 33 heavy (non-hydrogen) atoms. The molecule has 0 unspecified atom stereocenters. The van der Waals surface area contributed by atoms with Gasteiger partial charge in [-0.15, -0.1) is 0 Å². The van der Waals surface area contributed by atoms with Gasteiger partial charge in [0.05, 0.1) is 33.0 Å². The maximum atomic E-state index is 13.1. The van der Waals surface area contributed by atoms with Crippen LogP contribution in [0.3, 0.4) is 0 Å². The van der Waals surface area contributed by atoms with Crippen LogP contribution in [0.2, 0.25) is 5.02 Å². The third kappa shape index (κ3) is 4.85. The fourth-order valence-corrected chi connectivity index (χ4v) is 5.12. The zero-order chi connectivity index (χ0) is 23.6. The Morgan fingerprint density at radius 2 is 1.82 bits per heavy atom. The topological polar surface area (TPSA) is 109 Å². The summed E-state index contributed by atoms with van der Waals surface area (Å²) in [6, 6.07) is 13.8. The fraction of sp³-hybridized carbons (Fsp3) is 0.0476. The van der Waals surface area contributed by atoms with Crippen molar-refractivity contribution in [2.24, 2.45) is 0 Å². The number of nitrogens with one attached hydrogen (secondary N) is 3. The molecule has 0 spiro atoms. The Bertz CT molecular complexity index is 1440. The molecule has 170 valence electrons. The number of hydrogen-bond donors (Lipinski definition) is 3. The second-order valence-corrected chi connectivity index (χ2v) is 9.72. The van der Waals surface area contributed by atoms with Crippen LogP contribution in [0.5, 0.6) is 5.75 Å². The van der Waals surface area contributed by atoms with Crippen molar-refractivity contribution in [3.05, 3.63) is 77.1 Å². The minimum absolute atomic E-state index is 0.0511. The Labute approximate surface area is 197 Å². The molecule has 0 radical (unpaired) electrons. The van der Waals surface area contributed by atoms with E-state index in [4.69, 9.17) is 16.3 Å². The number of hydrazine groups is 1. The highest BCUT2D eigenvalue weighted by Gasteiger charge is 2.19. The number of anilines is 2. The number of amides is 1. The Hall–Kier alpha value is -3.41. The van der Waals surface area contributed by atoms with E-state index in [-0.39, 0.29) is 16.1 Å². The number of rotatable bonds is 7. The molecule has 0 fully saturated rings. The number of benzene rings is 3. The number of halogens is 2. The molecule has 4 rings (SSSR count). The van der Waals surface area contributed by atoms with Crippen LogP contribution in [-0.2, 0) is 10.0 Å². The smallest absolute Gasteiger partial charge is 0.271 e. The molecule has 0 aliphatic heterocycles. The van der Waals surface area contributed by atoms with E-state index in [1.165, 1.54) is 30.6 Å². The third-order valence-corrected chi connectivity index (χ3v) is 7.31. The number of carbonyl (C=O) groups is 1. The highest BCUT2D eigenvalue weighted by atomic mass is 35.5. The molecule has 12 heteroatoms. The molecule has 0 bridgehead atoms. The minimum Gasteiger partial charge on any atom is -0.494 e. The Balaban J connectivity index is 1.54. The van der Waals surface area contributed by atoms with Crippen LogP contribution >= 0.6 is 22.9 Å². The summed E-state index contributed by atoms with van der Waals surface area (Å²) < 4.78 is 46.7. The molecule has 1 heterocycles. The number of hydrogen-bond acceptors (Lipinski definition) is 7. The lowest BCUT2D eigenvalue weighted by molar-refractivity contribution is 0.0963. The third-order valence-electron chi connectivity index (χ3n) is 4.50. The number of fused-ring (bicyclic) bond motifs is 1. The number of ether oxygens (including phenoxy) is 1. The summed E-state index contributed by atoms with van der Waals surface area (Å²) in [6.07, 6.45) is 0. The van der Waals surface area contributed by atoms with Crippen LogP contribution in [0.25, 0.3) is 10.2 Å². The van der Waals surface area contributed by atoms with Gasteiger partial charge in [0.25, 0.3) is 15.9 Å². The SMILES string of the molecule is COc1ccc(Cl)c2sc(NNC(=O)c3ccccc3NS(=O)(=O)c3ccc(F)cc3)nc12. The van der Waals surface area contributed by atoms with Crippen molar-refractivity contribution in [3.63, 3.8) is 0 Å². The van der Waals surface area contributed by atoms with Crippen molar-refractivity contribution < 1.29 is 22.3 Å². The number of thiazole rings is 1. The lowest BCUT2D eigenvalue weighted by Gasteiger charge is -2.13. The van der Waals surface area contributed by atoms with Crippen LogP contribution in [-0.4, -0.2) is 26.4 Å².